The molecule has 0 aliphatic heterocycles. The van der Waals surface area contributed by atoms with Crippen molar-refractivity contribution in [1.82, 2.24) is 19.9 Å². The fourth-order valence-corrected chi connectivity index (χ4v) is 5.00. The number of hydrogen-bond donors (Lipinski definition) is 0. The molecule has 0 atom stereocenters. The predicted molar refractivity (Wildman–Crippen MR) is 167 cm³/mol. The molecule has 0 amide bonds. The first-order valence-electron chi connectivity index (χ1n) is 13.6. The van der Waals surface area contributed by atoms with Crippen LogP contribution in [0.2, 0.25) is 0 Å². The van der Waals surface area contributed by atoms with Crippen LogP contribution in [0.15, 0.2) is 140 Å². The van der Waals surface area contributed by atoms with Crippen LogP contribution >= 0.6 is 0 Å². The summed E-state index contributed by atoms with van der Waals surface area (Å²) >= 11 is 0. The molecule has 0 spiro atoms. The van der Waals surface area contributed by atoms with E-state index in [0.29, 0.717) is 11.4 Å². The Morgan fingerprint density at radius 3 is 1.57 bits per heavy atom. The van der Waals surface area contributed by atoms with Gasteiger partial charge < -0.3 is 0 Å². The zero-order chi connectivity index (χ0) is 28.3. The molecular formula is C37H23N5. The largest absolute Gasteiger partial charge is 0.244 e. The lowest BCUT2D eigenvalue weighted by molar-refractivity contribution is 1.18. The summed E-state index contributed by atoms with van der Waals surface area (Å²) in [5, 5.41) is 9.31. The molecule has 0 N–H and O–H groups in total. The van der Waals surface area contributed by atoms with Gasteiger partial charge in [0.1, 0.15) is 0 Å². The van der Waals surface area contributed by atoms with E-state index < -0.39 is 0 Å². The van der Waals surface area contributed by atoms with E-state index in [1.807, 2.05) is 115 Å². The van der Waals surface area contributed by atoms with E-state index in [9.17, 15) is 5.26 Å². The van der Waals surface area contributed by atoms with Gasteiger partial charge in [0, 0.05) is 27.8 Å². The summed E-state index contributed by atoms with van der Waals surface area (Å²) in [6, 6.07) is 48.0. The number of aromatic nitrogens is 4. The van der Waals surface area contributed by atoms with E-state index >= 15 is 0 Å². The lowest BCUT2D eigenvalue weighted by atomic mass is 9.99. The van der Waals surface area contributed by atoms with Gasteiger partial charge in [0.05, 0.1) is 45.4 Å². The highest BCUT2D eigenvalue weighted by Crippen LogP contribution is 2.34. The van der Waals surface area contributed by atoms with Crippen molar-refractivity contribution in [3.63, 3.8) is 0 Å². The Morgan fingerprint density at radius 1 is 0.405 bits per heavy atom. The zero-order valence-corrected chi connectivity index (χ0v) is 22.5. The van der Waals surface area contributed by atoms with Gasteiger partial charge >= 0.3 is 0 Å². The molecule has 7 aromatic rings. The van der Waals surface area contributed by atoms with Crippen molar-refractivity contribution in [3.05, 3.63) is 145 Å². The highest BCUT2D eigenvalue weighted by Gasteiger charge is 2.16. The minimum atomic E-state index is 0.600. The van der Waals surface area contributed by atoms with Gasteiger partial charge in [0.2, 0.25) is 0 Å². The summed E-state index contributed by atoms with van der Waals surface area (Å²) in [5.74, 6) is 0.668. The molecule has 0 aliphatic carbocycles. The highest BCUT2D eigenvalue weighted by molar-refractivity contribution is 5.87. The Morgan fingerprint density at radius 2 is 0.929 bits per heavy atom. The Bertz CT molecular complexity index is 2020. The Balaban J connectivity index is 1.40. The number of para-hydroxylation sites is 2. The van der Waals surface area contributed by atoms with Crippen molar-refractivity contribution in [2.75, 3.05) is 0 Å². The quantitative estimate of drug-likeness (QED) is 0.220. The van der Waals surface area contributed by atoms with Crippen LogP contribution in [0.25, 0.3) is 67.5 Å². The van der Waals surface area contributed by atoms with Gasteiger partial charge in [-0.2, -0.15) is 5.26 Å². The first-order valence-corrected chi connectivity index (χ1v) is 13.6. The minimum Gasteiger partial charge on any atom is -0.244 e. The molecule has 196 valence electrons. The van der Waals surface area contributed by atoms with E-state index in [0.717, 1.165) is 61.6 Å². The third kappa shape index (κ3) is 4.90. The Hall–Kier alpha value is -5.99. The summed E-state index contributed by atoms with van der Waals surface area (Å²) in [5.41, 5.74) is 10.2. The number of rotatable bonds is 5. The third-order valence-electron chi connectivity index (χ3n) is 7.12. The van der Waals surface area contributed by atoms with Gasteiger partial charge in [-0.25, -0.2) is 19.9 Å². The van der Waals surface area contributed by atoms with Crippen molar-refractivity contribution in [3.8, 4) is 62.5 Å². The summed E-state index contributed by atoms with van der Waals surface area (Å²) in [6.45, 7) is 0. The Kier molecular flexibility index (Phi) is 6.48. The van der Waals surface area contributed by atoms with Gasteiger partial charge in [0.15, 0.2) is 5.82 Å². The SMILES string of the molecule is N#Cc1ccc(-c2nc3ccccc3nc2-c2cccc(-c3cc(-c4ccccc4)nc(-c4ccccc4)n3)c2)cc1. The monoisotopic (exact) mass is 537 g/mol. The van der Waals surface area contributed by atoms with E-state index in [1.165, 1.54) is 0 Å². The van der Waals surface area contributed by atoms with Gasteiger partial charge in [-0.05, 0) is 36.4 Å². The minimum absolute atomic E-state index is 0.600. The molecule has 0 aliphatic rings. The average Bonchev–Trinajstić information content (AvgIpc) is 3.08. The third-order valence-corrected chi connectivity index (χ3v) is 7.12. The smallest absolute Gasteiger partial charge is 0.160 e. The maximum absolute atomic E-state index is 9.31. The predicted octanol–water partition coefficient (Wildman–Crippen LogP) is 8.63. The first kappa shape index (κ1) is 25.0. The highest BCUT2D eigenvalue weighted by atomic mass is 14.9. The van der Waals surface area contributed by atoms with Gasteiger partial charge in [-0.3, -0.25) is 0 Å². The number of fused-ring (bicyclic) bond motifs is 1. The van der Waals surface area contributed by atoms with Crippen LogP contribution in [0.3, 0.4) is 0 Å². The maximum atomic E-state index is 9.31. The molecule has 42 heavy (non-hydrogen) atoms. The number of hydrogen-bond acceptors (Lipinski definition) is 5. The topological polar surface area (TPSA) is 75.3 Å². The van der Waals surface area contributed by atoms with Crippen molar-refractivity contribution < 1.29 is 0 Å². The lowest BCUT2D eigenvalue weighted by Gasteiger charge is -2.13. The van der Waals surface area contributed by atoms with Crippen molar-refractivity contribution in [1.29, 1.82) is 5.26 Å². The molecule has 5 nitrogen and oxygen atoms in total. The van der Waals surface area contributed by atoms with Crippen molar-refractivity contribution in [2.24, 2.45) is 0 Å². The second-order valence-electron chi connectivity index (χ2n) is 9.87. The maximum Gasteiger partial charge on any atom is 0.160 e. The molecule has 2 heterocycles. The lowest BCUT2D eigenvalue weighted by Crippen LogP contribution is -1.97. The molecule has 5 heteroatoms. The van der Waals surface area contributed by atoms with Crippen molar-refractivity contribution >= 4 is 11.0 Å². The second kappa shape index (κ2) is 10.9. The van der Waals surface area contributed by atoms with Crippen LogP contribution in [0.1, 0.15) is 5.56 Å². The van der Waals surface area contributed by atoms with Crippen LogP contribution in [0.5, 0.6) is 0 Å². The number of benzene rings is 5. The zero-order valence-electron chi connectivity index (χ0n) is 22.5. The normalized spacial score (nSPS) is 10.8. The van der Waals surface area contributed by atoms with Crippen LogP contribution < -0.4 is 0 Å². The standard InChI is InChI=1S/C37H23N5/c38-24-25-18-20-27(21-19-25)35-36(40-32-17-8-7-16-31(32)39-35)30-15-9-14-29(22-30)34-23-33(26-10-3-1-4-11-26)41-37(42-34)28-12-5-2-6-13-28/h1-23H. The molecule has 0 fully saturated rings. The molecule has 0 saturated carbocycles. The van der Waals surface area contributed by atoms with Crippen molar-refractivity contribution in [2.45, 2.75) is 0 Å². The number of nitrogens with zero attached hydrogens (tertiary/aromatic N) is 5. The molecule has 0 bridgehead atoms. The van der Waals surface area contributed by atoms with Gasteiger partial charge in [0.25, 0.3) is 0 Å². The second-order valence-corrected chi connectivity index (χ2v) is 9.87. The van der Waals surface area contributed by atoms with Crippen LogP contribution in [0.4, 0.5) is 0 Å². The fraction of sp³-hybridized carbons (Fsp3) is 0. The van der Waals surface area contributed by atoms with E-state index in [2.05, 4.69) is 30.3 Å². The molecule has 7 rings (SSSR count). The summed E-state index contributed by atoms with van der Waals surface area (Å²) in [7, 11) is 0. The van der Waals surface area contributed by atoms with Gasteiger partial charge in [-0.15, -0.1) is 0 Å². The van der Waals surface area contributed by atoms with Crippen LogP contribution in [-0.2, 0) is 0 Å². The van der Waals surface area contributed by atoms with E-state index in [4.69, 9.17) is 19.9 Å². The summed E-state index contributed by atoms with van der Waals surface area (Å²) < 4.78 is 0. The molecule has 0 saturated heterocycles. The molecule has 2 aromatic heterocycles. The molecule has 5 aromatic carbocycles. The average molecular weight is 538 g/mol. The van der Waals surface area contributed by atoms with Crippen LogP contribution in [-0.4, -0.2) is 19.9 Å². The first-order chi connectivity index (χ1) is 20.7. The van der Waals surface area contributed by atoms with Gasteiger partial charge in [-0.1, -0.05) is 103 Å². The summed E-state index contributed by atoms with van der Waals surface area (Å²) in [4.78, 5) is 20.0. The Labute approximate surface area is 243 Å². The van der Waals surface area contributed by atoms with Crippen LogP contribution in [0, 0.1) is 11.3 Å². The molecule has 0 radical (unpaired) electrons. The molecular weight excluding hydrogens is 514 g/mol. The fourth-order valence-electron chi connectivity index (χ4n) is 5.00. The number of nitriles is 1. The molecule has 0 unspecified atom stereocenters. The van der Waals surface area contributed by atoms with E-state index in [1.54, 1.807) is 0 Å². The summed E-state index contributed by atoms with van der Waals surface area (Å²) in [6.07, 6.45) is 0. The van der Waals surface area contributed by atoms with E-state index in [-0.39, 0.29) is 0 Å².